The van der Waals surface area contributed by atoms with Crippen molar-refractivity contribution in [2.75, 3.05) is 30.9 Å². The first kappa shape index (κ1) is 15.5. The zero-order chi connectivity index (χ0) is 15.4. The predicted molar refractivity (Wildman–Crippen MR) is 81.0 cm³/mol. The highest BCUT2D eigenvalue weighted by Crippen LogP contribution is 2.27. The number of hydrogen-bond donors (Lipinski definition) is 2. The van der Waals surface area contributed by atoms with Crippen LogP contribution in [0.1, 0.15) is 25.6 Å². The van der Waals surface area contributed by atoms with Crippen molar-refractivity contribution in [2.24, 2.45) is 11.7 Å². The van der Waals surface area contributed by atoms with Crippen molar-refractivity contribution in [2.45, 2.75) is 32.4 Å². The van der Waals surface area contributed by atoms with E-state index in [0.29, 0.717) is 25.0 Å². The molecule has 1 amide bonds. The summed E-state index contributed by atoms with van der Waals surface area (Å²) in [7, 11) is 3.43. The van der Waals surface area contributed by atoms with E-state index in [1.54, 1.807) is 7.11 Å². The van der Waals surface area contributed by atoms with Crippen molar-refractivity contribution >= 4 is 17.5 Å². The van der Waals surface area contributed by atoms with Gasteiger partial charge < -0.3 is 20.7 Å². The first-order valence-electron chi connectivity index (χ1n) is 7.15. The van der Waals surface area contributed by atoms with Crippen LogP contribution < -0.4 is 16.0 Å². The van der Waals surface area contributed by atoms with Gasteiger partial charge in [0.05, 0.1) is 5.92 Å². The highest BCUT2D eigenvalue weighted by atomic mass is 16.5. The van der Waals surface area contributed by atoms with Crippen LogP contribution in [0.2, 0.25) is 0 Å². The smallest absolute Gasteiger partial charge is 0.222 e. The summed E-state index contributed by atoms with van der Waals surface area (Å²) in [6.45, 7) is 3.08. The first-order valence-corrected chi connectivity index (χ1v) is 7.15. The minimum Gasteiger partial charge on any atom is -0.377 e. The predicted octanol–water partition coefficient (Wildman–Crippen LogP) is 0.755. The molecule has 1 aliphatic rings. The van der Waals surface area contributed by atoms with E-state index in [1.165, 1.54) is 0 Å². The number of anilines is 2. The number of rotatable bonds is 5. The topological polar surface area (TPSA) is 93.4 Å². The van der Waals surface area contributed by atoms with Crippen molar-refractivity contribution in [3.8, 4) is 0 Å². The average molecular weight is 293 g/mol. The summed E-state index contributed by atoms with van der Waals surface area (Å²) in [5.74, 6) is 1.79. The molecule has 3 N–H and O–H groups in total. The Morgan fingerprint density at radius 3 is 2.90 bits per heavy atom. The molecule has 1 aromatic rings. The normalized spacial score (nSPS) is 22.1. The molecule has 1 saturated heterocycles. The third-order valence-electron chi connectivity index (χ3n) is 3.87. The molecule has 0 radical (unpaired) electrons. The molecule has 2 rings (SSSR count). The number of nitrogens with one attached hydrogen (secondary N) is 1. The molecular weight excluding hydrogens is 270 g/mol. The molecular formula is C14H23N5O2. The number of primary amides is 1. The third kappa shape index (κ3) is 3.60. The first-order chi connectivity index (χ1) is 10.0. The lowest BCUT2D eigenvalue weighted by Gasteiger charge is -2.38. The zero-order valence-corrected chi connectivity index (χ0v) is 12.8. The molecule has 116 valence electrons. The Morgan fingerprint density at radius 1 is 1.52 bits per heavy atom. The van der Waals surface area contributed by atoms with Crippen molar-refractivity contribution in [1.82, 2.24) is 9.97 Å². The molecule has 2 atom stereocenters. The highest BCUT2D eigenvalue weighted by Gasteiger charge is 2.29. The maximum atomic E-state index is 11.5. The van der Waals surface area contributed by atoms with Gasteiger partial charge in [0.1, 0.15) is 18.2 Å². The number of carbonyl (C=O) groups excluding carboxylic acids is 1. The fourth-order valence-electron chi connectivity index (χ4n) is 2.61. The number of aromatic nitrogens is 2. The number of nitrogens with zero attached hydrogens (tertiary/aromatic N) is 3. The number of hydrogen-bond acceptors (Lipinski definition) is 6. The number of carbonyl (C=O) groups is 1. The van der Waals surface area contributed by atoms with Crippen LogP contribution in [0, 0.1) is 5.92 Å². The van der Waals surface area contributed by atoms with Gasteiger partial charge in [-0.15, -0.1) is 0 Å². The summed E-state index contributed by atoms with van der Waals surface area (Å²) >= 11 is 0. The molecule has 0 saturated carbocycles. The van der Waals surface area contributed by atoms with Gasteiger partial charge in [-0.3, -0.25) is 4.79 Å². The lowest BCUT2D eigenvalue weighted by Crippen LogP contribution is -2.46. The Balaban J connectivity index is 2.29. The van der Waals surface area contributed by atoms with Crippen LogP contribution in [0.25, 0.3) is 0 Å². The molecule has 0 aliphatic carbocycles. The summed E-state index contributed by atoms with van der Waals surface area (Å²) in [4.78, 5) is 22.5. The van der Waals surface area contributed by atoms with Crippen molar-refractivity contribution in [3.05, 3.63) is 11.9 Å². The maximum Gasteiger partial charge on any atom is 0.222 e. The second-order valence-electron chi connectivity index (χ2n) is 5.39. The van der Waals surface area contributed by atoms with E-state index in [-0.39, 0.29) is 11.8 Å². The van der Waals surface area contributed by atoms with Gasteiger partial charge in [0.2, 0.25) is 5.91 Å². The standard InChI is InChI=1S/C14H23N5O2/c1-9-4-5-10(14(15)20)7-19(9)13-6-11(16-2)17-12(18-13)8-21-3/h6,9-10H,4-5,7-8H2,1-3H3,(H2,15,20)(H,16,17,18). The molecule has 21 heavy (non-hydrogen) atoms. The SMILES string of the molecule is CNc1cc(N2CC(C(N)=O)CCC2C)nc(COC)n1. The second-order valence-corrected chi connectivity index (χ2v) is 5.39. The van der Waals surface area contributed by atoms with Crippen molar-refractivity contribution < 1.29 is 9.53 Å². The molecule has 7 heteroatoms. The van der Waals surface area contributed by atoms with Gasteiger partial charge in [0.25, 0.3) is 0 Å². The third-order valence-corrected chi connectivity index (χ3v) is 3.87. The van der Waals surface area contributed by atoms with Crippen LogP contribution in [0.3, 0.4) is 0 Å². The van der Waals surface area contributed by atoms with Gasteiger partial charge in [-0.2, -0.15) is 0 Å². The Kier molecular flexibility index (Phi) is 4.95. The maximum absolute atomic E-state index is 11.5. The van der Waals surface area contributed by atoms with Gasteiger partial charge >= 0.3 is 0 Å². The molecule has 1 aliphatic heterocycles. The van der Waals surface area contributed by atoms with Crippen LogP contribution in [0.15, 0.2) is 6.07 Å². The zero-order valence-electron chi connectivity index (χ0n) is 12.8. The van der Waals surface area contributed by atoms with E-state index in [4.69, 9.17) is 10.5 Å². The minimum absolute atomic E-state index is 0.125. The number of methoxy groups -OCH3 is 1. The van der Waals surface area contributed by atoms with E-state index in [1.807, 2.05) is 13.1 Å². The quantitative estimate of drug-likeness (QED) is 0.832. The Bertz CT molecular complexity index is 508. The summed E-state index contributed by atoms with van der Waals surface area (Å²) in [6, 6.07) is 2.20. The largest absolute Gasteiger partial charge is 0.377 e. The number of piperidine rings is 1. The Labute approximate surface area is 124 Å². The van der Waals surface area contributed by atoms with Crippen molar-refractivity contribution in [1.29, 1.82) is 0 Å². The fourth-order valence-corrected chi connectivity index (χ4v) is 2.61. The summed E-state index contributed by atoms with van der Waals surface area (Å²) < 4.78 is 5.11. The number of amides is 1. The molecule has 1 fully saturated rings. The molecule has 1 aromatic heterocycles. The van der Waals surface area contributed by atoms with E-state index < -0.39 is 0 Å². The fraction of sp³-hybridized carbons (Fsp3) is 0.643. The van der Waals surface area contributed by atoms with E-state index >= 15 is 0 Å². The monoisotopic (exact) mass is 293 g/mol. The molecule has 0 aromatic carbocycles. The van der Waals surface area contributed by atoms with Gasteiger partial charge in [0.15, 0.2) is 5.82 Å². The second kappa shape index (κ2) is 6.71. The molecule has 2 heterocycles. The van der Waals surface area contributed by atoms with E-state index in [9.17, 15) is 4.79 Å². The van der Waals surface area contributed by atoms with Crippen LogP contribution in [-0.2, 0) is 16.1 Å². The van der Waals surface area contributed by atoms with Crippen molar-refractivity contribution in [3.63, 3.8) is 0 Å². The number of nitrogens with two attached hydrogens (primary N) is 1. The molecule has 2 unspecified atom stereocenters. The van der Waals surface area contributed by atoms with E-state index in [2.05, 4.69) is 27.1 Å². The molecule has 0 bridgehead atoms. The minimum atomic E-state index is -0.244. The average Bonchev–Trinajstić information content (AvgIpc) is 2.47. The highest BCUT2D eigenvalue weighted by molar-refractivity contribution is 5.77. The van der Waals surface area contributed by atoms with Crippen LogP contribution in [0.4, 0.5) is 11.6 Å². The Hall–Kier alpha value is -1.89. The van der Waals surface area contributed by atoms with E-state index in [0.717, 1.165) is 24.5 Å². The van der Waals surface area contributed by atoms with Gasteiger partial charge in [0, 0.05) is 32.8 Å². The molecule has 0 spiro atoms. The summed E-state index contributed by atoms with van der Waals surface area (Å²) in [5.41, 5.74) is 5.46. The van der Waals surface area contributed by atoms with Crippen LogP contribution in [0.5, 0.6) is 0 Å². The van der Waals surface area contributed by atoms with Gasteiger partial charge in [-0.25, -0.2) is 9.97 Å². The lowest BCUT2D eigenvalue weighted by atomic mass is 9.93. The number of ether oxygens (including phenoxy) is 1. The van der Waals surface area contributed by atoms with Gasteiger partial charge in [-0.05, 0) is 19.8 Å². The molecule has 7 nitrogen and oxygen atoms in total. The summed E-state index contributed by atoms with van der Waals surface area (Å²) in [6.07, 6.45) is 1.76. The van der Waals surface area contributed by atoms with Gasteiger partial charge in [-0.1, -0.05) is 0 Å². The summed E-state index contributed by atoms with van der Waals surface area (Å²) in [5, 5.41) is 3.03. The van der Waals surface area contributed by atoms with Crippen LogP contribution in [-0.4, -0.2) is 42.6 Å². The van der Waals surface area contributed by atoms with Crippen LogP contribution >= 0.6 is 0 Å². The lowest BCUT2D eigenvalue weighted by molar-refractivity contribution is -0.122. The Morgan fingerprint density at radius 2 is 2.29 bits per heavy atom.